The van der Waals surface area contributed by atoms with Crippen molar-refractivity contribution in [3.8, 4) is 17.4 Å². The Bertz CT molecular complexity index is 815. The van der Waals surface area contributed by atoms with Crippen LogP contribution in [-0.2, 0) is 19.6 Å². The molecule has 0 unspecified atom stereocenters. The molecule has 0 saturated heterocycles. The minimum Gasteiger partial charge on any atom is -0.486 e. The van der Waals surface area contributed by atoms with Gasteiger partial charge in [0.05, 0.1) is 0 Å². The van der Waals surface area contributed by atoms with E-state index in [1.165, 1.54) is 19.3 Å². The monoisotopic (exact) mass is 336 g/mol. The zero-order valence-corrected chi connectivity index (χ0v) is 14.0. The Hall–Kier alpha value is -2.89. The van der Waals surface area contributed by atoms with Crippen LogP contribution < -0.4 is 9.47 Å². The first-order valence-corrected chi connectivity index (χ1v) is 8.61. The minimum absolute atomic E-state index is 0.424. The van der Waals surface area contributed by atoms with Crippen molar-refractivity contribution in [3.63, 3.8) is 0 Å². The third-order valence-corrected chi connectivity index (χ3v) is 4.24. The molecule has 3 heterocycles. The third kappa shape index (κ3) is 3.79. The molecule has 0 spiro atoms. The van der Waals surface area contributed by atoms with Crippen LogP contribution in [0.1, 0.15) is 30.9 Å². The topological polar surface area (TPSA) is 62.1 Å². The summed E-state index contributed by atoms with van der Waals surface area (Å²) in [6.45, 7) is 1.41. The summed E-state index contributed by atoms with van der Waals surface area (Å²) < 4.78 is 13.7. The summed E-state index contributed by atoms with van der Waals surface area (Å²) in [5.74, 6) is 4.05. The summed E-state index contributed by atoms with van der Waals surface area (Å²) in [6.07, 6.45) is 6.33. The zero-order chi connectivity index (χ0) is 16.9. The predicted octanol–water partition coefficient (Wildman–Crippen LogP) is 3.77. The first kappa shape index (κ1) is 15.6. The van der Waals surface area contributed by atoms with Crippen LogP contribution in [0.4, 0.5) is 0 Å². The van der Waals surface area contributed by atoms with Gasteiger partial charge in [-0.1, -0.05) is 12.5 Å². The average Bonchev–Trinajstić information content (AvgIpc) is 2.88. The summed E-state index contributed by atoms with van der Waals surface area (Å²) >= 11 is 0. The van der Waals surface area contributed by atoms with Gasteiger partial charge in [0, 0.05) is 25.2 Å². The summed E-state index contributed by atoms with van der Waals surface area (Å²) in [5.41, 5.74) is 0. The van der Waals surface area contributed by atoms with E-state index in [2.05, 4.69) is 19.7 Å². The molecule has 0 fully saturated rings. The molecule has 0 aliphatic carbocycles. The molecule has 0 bridgehead atoms. The van der Waals surface area contributed by atoms with Gasteiger partial charge in [-0.3, -0.25) is 0 Å². The molecule has 1 aromatic carbocycles. The number of pyridine rings is 1. The molecule has 1 aliphatic rings. The highest BCUT2D eigenvalue weighted by molar-refractivity contribution is 5.33. The van der Waals surface area contributed by atoms with Crippen LogP contribution in [0.3, 0.4) is 0 Å². The highest BCUT2D eigenvalue weighted by Gasteiger charge is 2.14. The number of benzene rings is 1. The molecule has 0 N–H and O–H groups in total. The van der Waals surface area contributed by atoms with Crippen molar-refractivity contribution in [2.24, 2.45) is 0 Å². The number of aryl methyl sites for hydroxylation is 1. The molecule has 3 aromatic rings. The van der Waals surface area contributed by atoms with Crippen molar-refractivity contribution in [3.05, 3.63) is 60.3 Å². The highest BCUT2D eigenvalue weighted by Crippen LogP contribution is 2.23. The van der Waals surface area contributed by atoms with E-state index in [0.29, 0.717) is 12.5 Å². The van der Waals surface area contributed by atoms with E-state index in [1.807, 2.05) is 42.5 Å². The van der Waals surface area contributed by atoms with Crippen LogP contribution in [0, 0.1) is 0 Å². The van der Waals surface area contributed by atoms with Crippen LogP contribution >= 0.6 is 0 Å². The van der Waals surface area contributed by atoms with Gasteiger partial charge in [-0.05, 0) is 43.2 Å². The molecule has 0 saturated carbocycles. The van der Waals surface area contributed by atoms with Gasteiger partial charge in [0.25, 0.3) is 0 Å². The van der Waals surface area contributed by atoms with Crippen LogP contribution in [0.15, 0.2) is 48.7 Å². The highest BCUT2D eigenvalue weighted by atomic mass is 16.5. The van der Waals surface area contributed by atoms with Gasteiger partial charge < -0.3 is 14.0 Å². The Labute approximate surface area is 146 Å². The Morgan fingerprint density at radius 3 is 2.64 bits per heavy atom. The predicted molar refractivity (Wildman–Crippen MR) is 92.7 cm³/mol. The molecular weight excluding hydrogens is 316 g/mol. The Morgan fingerprint density at radius 1 is 0.920 bits per heavy atom. The van der Waals surface area contributed by atoms with Crippen molar-refractivity contribution in [2.45, 2.75) is 38.8 Å². The van der Waals surface area contributed by atoms with Crippen LogP contribution in [0.5, 0.6) is 17.4 Å². The van der Waals surface area contributed by atoms with Crippen LogP contribution in [0.2, 0.25) is 0 Å². The maximum atomic E-state index is 5.87. The van der Waals surface area contributed by atoms with E-state index in [9.17, 15) is 0 Å². The maximum Gasteiger partial charge on any atom is 0.219 e. The molecule has 6 heteroatoms. The summed E-state index contributed by atoms with van der Waals surface area (Å²) in [5, 5.41) is 8.58. The average molecular weight is 336 g/mol. The molecule has 4 rings (SSSR count). The first-order valence-electron chi connectivity index (χ1n) is 8.61. The van der Waals surface area contributed by atoms with Gasteiger partial charge in [-0.2, -0.15) is 0 Å². The number of hydrogen-bond acceptors (Lipinski definition) is 5. The Morgan fingerprint density at radius 2 is 1.80 bits per heavy atom. The molecular formula is C19H20N4O2. The Kier molecular flexibility index (Phi) is 4.59. The number of nitrogens with zero attached hydrogens (tertiary/aromatic N) is 4. The summed E-state index contributed by atoms with van der Waals surface area (Å²) in [6, 6.07) is 13.1. The fraction of sp³-hybridized carbons (Fsp3) is 0.316. The molecule has 2 aromatic heterocycles. The number of hydrogen-bond donors (Lipinski definition) is 0. The van der Waals surface area contributed by atoms with Gasteiger partial charge in [-0.15, -0.1) is 10.2 Å². The fourth-order valence-electron chi connectivity index (χ4n) is 2.93. The quantitative estimate of drug-likeness (QED) is 0.710. The molecule has 6 nitrogen and oxygen atoms in total. The van der Waals surface area contributed by atoms with Gasteiger partial charge in [0.1, 0.15) is 23.9 Å². The zero-order valence-electron chi connectivity index (χ0n) is 14.0. The lowest BCUT2D eigenvalue weighted by atomic mass is 10.2. The molecule has 0 atom stereocenters. The van der Waals surface area contributed by atoms with Gasteiger partial charge >= 0.3 is 0 Å². The second-order valence-electron chi connectivity index (χ2n) is 6.02. The van der Waals surface area contributed by atoms with E-state index in [4.69, 9.17) is 9.47 Å². The normalized spacial score (nSPS) is 13.8. The Balaban J connectivity index is 1.38. The van der Waals surface area contributed by atoms with Crippen molar-refractivity contribution in [2.75, 3.05) is 0 Å². The molecule has 1 aliphatic heterocycles. The van der Waals surface area contributed by atoms with E-state index in [1.54, 1.807) is 6.20 Å². The molecule has 0 radical (unpaired) electrons. The minimum atomic E-state index is 0.424. The van der Waals surface area contributed by atoms with Crippen molar-refractivity contribution in [1.29, 1.82) is 0 Å². The number of fused-ring (bicyclic) bond motifs is 1. The fourth-order valence-corrected chi connectivity index (χ4v) is 2.93. The van der Waals surface area contributed by atoms with E-state index >= 15 is 0 Å². The van der Waals surface area contributed by atoms with E-state index in [0.717, 1.165) is 36.1 Å². The lowest BCUT2D eigenvalue weighted by Gasteiger charge is -2.09. The standard InChI is InChI=1S/C19H20N4O2/c1-2-6-17-21-22-18(23(17)13-5-1)14-24-15-8-10-16(11-9-15)25-19-7-3-4-12-20-19/h3-4,7-12H,1-2,5-6,13-14H2. The lowest BCUT2D eigenvalue weighted by molar-refractivity contribution is 0.288. The lowest BCUT2D eigenvalue weighted by Crippen LogP contribution is -2.08. The summed E-state index contributed by atoms with van der Waals surface area (Å²) in [7, 11) is 0. The van der Waals surface area contributed by atoms with Gasteiger partial charge in [-0.25, -0.2) is 4.98 Å². The van der Waals surface area contributed by atoms with Crippen LogP contribution in [0.25, 0.3) is 0 Å². The number of aromatic nitrogens is 4. The van der Waals surface area contributed by atoms with E-state index in [-0.39, 0.29) is 0 Å². The second-order valence-corrected chi connectivity index (χ2v) is 6.02. The molecule has 128 valence electrons. The third-order valence-electron chi connectivity index (χ3n) is 4.24. The summed E-state index contributed by atoms with van der Waals surface area (Å²) in [4.78, 5) is 4.14. The maximum absolute atomic E-state index is 5.87. The second kappa shape index (κ2) is 7.34. The number of ether oxygens (including phenoxy) is 2. The van der Waals surface area contributed by atoms with E-state index < -0.39 is 0 Å². The van der Waals surface area contributed by atoms with Crippen molar-refractivity contribution in [1.82, 2.24) is 19.7 Å². The molecule has 25 heavy (non-hydrogen) atoms. The number of rotatable bonds is 5. The largest absolute Gasteiger partial charge is 0.486 e. The van der Waals surface area contributed by atoms with Gasteiger partial charge in [0.15, 0.2) is 5.82 Å². The van der Waals surface area contributed by atoms with Crippen LogP contribution in [-0.4, -0.2) is 19.7 Å². The van der Waals surface area contributed by atoms with Crippen molar-refractivity contribution >= 4 is 0 Å². The first-order chi connectivity index (χ1) is 12.4. The van der Waals surface area contributed by atoms with Gasteiger partial charge in [0.2, 0.25) is 5.88 Å². The SMILES string of the molecule is c1ccc(Oc2ccc(OCc3nnc4n3CCCCC4)cc2)nc1. The van der Waals surface area contributed by atoms with Crippen molar-refractivity contribution < 1.29 is 9.47 Å². The smallest absolute Gasteiger partial charge is 0.219 e. The molecule has 0 amide bonds.